The van der Waals surface area contributed by atoms with Crippen LogP contribution in [0.15, 0.2) is 53.0 Å². The van der Waals surface area contributed by atoms with Gasteiger partial charge in [-0.05, 0) is 52.5 Å². The first-order valence-corrected chi connectivity index (χ1v) is 14.1. The van der Waals surface area contributed by atoms with Crippen LogP contribution >= 0.6 is 27.5 Å². The maximum absolute atomic E-state index is 13.6. The molecule has 1 N–H and O–H groups in total. The van der Waals surface area contributed by atoms with Crippen molar-refractivity contribution in [2.24, 2.45) is 0 Å². The van der Waals surface area contributed by atoms with Crippen molar-refractivity contribution in [3.63, 3.8) is 0 Å². The lowest BCUT2D eigenvalue weighted by molar-refractivity contribution is -0.140. The second-order valence-electron chi connectivity index (χ2n) is 7.90. The molecule has 186 valence electrons. The number of nitrogens with zero attached hydrogens (tertiary/aromatic N) is 2. The molecule has 0 fully saturated rings. The first-order valence-electron chi connectivity index (χ1n) is 11.1. The monoisotopic (exact) mass is 571 g/mol. The van der Waals surface area contributed by atoms with Gasteiger partial charge in [0.15, 0.2) is 0 Å². The van der Waals surface area contributed by atoms with Crippen LogP contribution in [0.2, 0.25) is 5.02 Å². The minimum Gasteiger partial charge on any atom is -0.354 e. The number of para-hydroxylation sites is 1. The normalized spacial score (nSPS) is 12.1. The van der Waals surface area contributed by atoms with Gasteiger partial charge >= 0.3 is 0 Å². The highest BCUT2D eigenvalue weighted by atomic mass is 79.9. The number of anilines is 1. The number of halogens is 2. The van der Waals surface area contributed by atoms with E-state index < -0.39 is 28.5 Å². The van der Waals surface area contributed by atoms with Gasteiger partial charge < -0.3 is 10.2 Å². The van der Waals surface area contributed by atoms with Gasteiger partial charge in [0.1, 0.15) is 12.6 Å². The number of sulfonamides is 1. The van der Waals surface area contributed by atoms with E-state index in [1.165, 1.54) is 4.90 Å². The van der Waals surface area contributed by atoms with Gasteiger partial charge in [-0.25, -0.2) is 8.42 Å². The molecule has 34 heavy (non-hydrogen) atoms. The Kier molecular flexibility index (Phi) is 10.9. The van der Waals surface area contributed by atoms with Crippen LogP contribution < -0.4 is 9.62 Å². The molecule has 0 spiro atoms. The summed E-state index contributed by atoms with van der Waals surface area (Å²) in [6.07, 6.45) is 3.16. The molecule has 2 aromatic carbocycles. The fourth-order valence-corrected chi connectivity index (χ4v) is 5.16. The van der Waals surface area contributed by atoms with Crippen LogP contribution in [0.3, 0.4) is 0 Å². The average Bonchev–Trinajstić information content (AvgIpc) is 2.78. The summed E-state index contributed by atoms with van der Waals surface area (Å²) < 4.78 is 26.9. The first kappa shape index (κ1) is 28.1. The Labute approximate surface area is 215 Å². The summed E-state index contributed by atoms with van der Waals surface area (Å²) in [6.45, 7) is 3.97. The molecule has 10 heteroatoms. The van der Waals surface area contributed by atoms with Crippen molar-refractivity contribution >= 4 is 55.1 Å². The van der Waals surface area contributed by atoms with E-state index in [-0.39, 0.29) is 12.5 Å². The molecule has 0 radical (unpaired) electrons. The van der Waals surface area contributed by atoms with E-state index in [9.17, 15) is 18.0 Å². The summed E-state index contributed by atoms with van der Waals surface area (Å²) in [5.74, 6) is -0.776. The summed E-state index contributed by atoms with van der Waals surface area (Å²) >= 11 is 9.71. The predicted octanol–water partition coefficient (Wildman–Crippen LogP) is 4.59. The third-order valence-electron chi connectivity index (χ3n) is 5.31. The smallest absolute Gasteiger partial charge is 0.244 e. The maximum Gasteiger partial charge on any atom is 0.244 e. The SMILES string of the molecule is CCCCNC(=O)C(CC)N(Cc1ccccc1Cl)C(=O)CN(c1ccccc1Br)S(C)(=O)=O. The van der Waals surface area contributed by atoms with E-state index >= 15 is 0 Å². The number of unbranched alkanes of at least 4 members (excludes halogenated alkanes) is 1. The molecule has 0 aliphatic rings. The Hall–Kier alpha value is -2.10. The lowest BCUT2D eigenvalue weighted by Crippen LogP contribution is -2.52. The lowest BCUT2D eigenvalue weighted by Gasteiger charge is -2.33. The first-order chi connectivity index (χ1) is 16.1. The van der Waals surface area contributed by atoms with Crippen LogP contribution in [0.25, 0.3) is 0 Å². The van der Waals surface area contributed by atoms with E-state index in [2.05, 4.69) is 21.2 Å². The van der Waals surface area contributed by atoms with Gasteiger partial charge in [0.25, 0.3) is 0 Å². The zero-order chi connectivity index (χ0) is 25.3. The Bertz CT molecular complexity index is 1100. The topological polar surface area (TPSA) is 86.8 Å². The summed E-state index contributed by atoms with van der Waals surface area (Å²) in [4.78, 5) is 28.0. The van der Waals surface area contributed by atoms with Crippen LogP contribution in [-0.2, 0) is 26.2 Å². The molecule has 2 amide bonds. The molecule has 0 aromatic heterocycles. The lowest BCUT2D eigenvalue weighted by atomic mass is 10.1. The molecule has 2 rings (SSSR count). The van der Waals surface area contributed by atoms with Crippen LogP contribution in [-0.4, -0.2) is 50.5 Å². The van der Waals surface area contributed by atoms with E-state index in [1.807, 2.05) is 13.8 Å². The van der Waals surface area contributed by atoms with Crippen LogP contribution in [0.4, 0.5) is 5.69 Å². The Morgan fingerprint density at radius 3 is 2.32 bits per heavy atom. The van der Waals surface area contributed by atoms with Gasteiger partial charge in [0, 0.05) is 22.6 Å². The molecule has 0 saturated heterocycles. The molecule has 0 saturated carbocycles. The van der Waals surface area contributed by atoms with Gasteiger partial charge in [-0.3, -0.25) is 13.9 Å². The summed E-state index contributed by atoms with van der Waals surface area (Å²) in [5.41, 5.74) is 1.01. The second-order valence-corrected chi connectivity index (χ2v) is 11.1. The Morgan fingerprint density at radius 2 is 1.74 bits per heavy atom. The Morgan fingerprint density at radius 1 is 1.09 bits per heavy atom. The molecule has 0 aliphatic carbocycles. The summed E-state index contributed by atoms with van der Waals surface area (Å²) in [5, 5.41) is 3.35. The number of hydrogen-bond donors (Lipinski definition) is 1. The van der Waals surface area contributed by atoms with E-state index in [0.717, 1.165) is 23.4 Å². The minimum absolute atomic E-state index is 0.0752. The zero-order valence-electron chi connectivity index (χ0n) is 19.6. The van der Waals surface area contributed by atoms with Gasteiger partial charge in [0.05, 0.1) is 11.9 Å². The van der Waals surface area contributed by atoms with Crippen molar-refractivity contribution in [2.75, 3.05) is 23.7 Å². The number of hydrogen-bond acceptors (Lipinski definition) is 4. The highest BCUT2D eigenvalue weighted by molar-refractivity contribution is 9.10. The number of rotatable bonds is 12. The van der Waals surface area contributed by atoms with E-state index in [4.69, 9.17) is 11.6 Å². The van der Waals surface area contributed by atoms with E-state index in [0.29, 0.717) is 33.7 Å². The standard InChI is InChI=1S/C24H31BrClN3O4S/c1-4-6-15-27-24(31)21(5-2)28(16-18-11-7-9-13-20(18)26)23(30)17-29(34(3,32)33)22-14-10-8-12-19(22)25/h7-14,21H,4-6,15-17H2,1-3H3,(H,27,31). The quantitative estimate of drug-likeness (QED) is 0.377. The van der Waals surface area contributed by atoms with Gasteiger partial charge in [-0.2, -0.15) is 0 Å². The van der Waals surface area contributed by atoms with Gasteiger partial charge in [-0.15, -0.1) is 0 Å². The number of nitrogens with one attached hydrogen (secondary N) is 1. The molecule has 1 unspecified atom stereocenters. The molecule has 0 bridgehead atoms. The fraction of sp³-hybridized carbons (Fsp3) is 0.417. The molecular formula is C24H31BrClN3O4S. The predicted molar refractivity (Wildman–Crippen MR) is 140 cm³/mol. The number of carbonyl (C=O) groups excluding carboxylic acids is 2. The van der Waals surface area contributed by atoms with Gasteiger partial charge in [-0.1, -0.05) is 62.2 Å². The van der Waals surface area contributed by atoms with Gasteiger partial charge in [0.2, 0.25) is 21.8 Å². The highest BCUT2D eigenvalue weighted by Gasteiger charge is 2.32. The van der Waals surface area contributed by atoms with Crippen molar-refractivity contribution in [3.05, 3.63) is 63.6 Å². The van der Waals surface area contributed by atoms with Crippen molar-refractivity contribution in [1.82, 2.24) is 10.2 Å². The Balaban J connectivity index is 2.43. The van der Waals surface area contributed by atoms with Crippen molar-refractivity contribution < 1.29 is 18.0 Å². The molecule has 0 aliphatic heterocycles. The average molecular weight is 573 g/mol. The third kappa shape index (κ3) is 7.71. The highest BCUT2D eigenvalue weighted by Crippen LogP contribution is 2.28. The molecule has 1 atom stereocenters. The maximum atomic E-state index is 13.6. The number of carbonyl (C=O) groups is 2. The molecule has 2 aromatic rings. The van der Waals surface area contributed by atoms with Crippen LogP contribution in [0, 0.1) is 0 Å². The van der Waals surface area contributed by atoms with Crippen LogP contribution in [0.1, 0.15) is 38.7 Å². The number of benzene rings is 2. The molecule has 0 heterocycles. The largest absolute Gasteiger partial charge is 0.354 e. The summed E-state index contributed by atoms with van der Waals surface area (Å²) in [7, 11) is -3.79. The fourth-order valence-electron chi connectivity index (χ4n) is 3.48. The molecule has 7 nitrogen and oxygen atoms in total. The summed E-state index contributed by atoms with van der Waals surface area (Å²) in [6, 6.07) is 13.1. The zero-order valence-corrected chi connectivity index (χ0v) is 22.8. The van der Waals surface area contributed by atoms with Crippen molar-refractivity contribution in [3.8, 4) is 0 Å². The molecular weight excluding hydrogens is 542 g/mol. The van der Waals surface area contributed by atoms with Crippen LogP contribution in [0.5, 0.6) is 0 Å². The van der Waals surface area contributed by atoms with Crippen molar-refractivity contribution in [1.29, 1.82) is 0 Å². The third-order valence-corrected chi connectivity index (χ3v) is 7.48. The van der Waals surface area contributed by atoms with E-state index in [1.54, 1.807) is 48.5 Å². The van der Waals surface area contributed by atoms with Crippen molar-refractivity contribution in [2.45, 2.75) is 45.7 Å². The minimum atomic E-state index is -3.79. The number of amides is 2. The second kappa shape index (κ2) is 13.1.